The van der Waals surface area contributed by atoms with E-state index in [2.05, 4.69) is 52.6 Å². The summed E-state index contributed by atoms with van der Waals surface area (Å²) in [6.45, 7) is 9.10. The van der Waals surface area contributed by atoms with E-state index in [4.69, 9.17) is 4.98 Å². The molecule has 5 nitrogen and oxygen atoms in total. The largest absolute Gasteiger partial charge is 0.342 e. The van der Waals surface area contributed by atoms with Crippen molar-refractivity contribution in [3.63, 3.8) is 0 Å². The fraction of sp³-hybridized carbons (Fsp3) is 0.600. The number of aryl methyl sites for hydroxylation is 1. The van der Waals surface area contributed by atoms with E-state index in [1.165, 1.54) is 18.4 Å². The summed E-state index contributed by atoms with van der Waals surface area (Å²) in [6.07, 6.45) is 8.46. The van der Waals surface area contributed by atoms with Crippen LogP contribution < -0.4 is 0 Å². The number of carbonyl (C=O) groups excluding carboxylic acids is 1. The number of likely N-dealkylation sites (tertiary alicyclic amines) is 2. The lowest BCUT2D eigenvalue weighted by Gasteiger charge is -2.48. The Hall–Kier alpha value is -1.88. The molecule has 2 aromatic rings. The monoisotopic (exact) mass is 340 g/mol. The molecule has 0 saturated carbocycles. The molecule has 2 aromatic heterocycles. The van der Waals surface area contributed by atoms with Crippen molar-refractivity contribution >= 4 is 11.6 Å². The van der Waals surface area contributed by atoms with Crippen LogP contribution in [0.4, 0.5) is 0 Å². The van der Waals surface area contributed by atoms with E-state index in [0.29, 0.717) is 5.91 Å². The van der Waals surface area contributed by atoms with E-state index < -0.39 is 0 Å². The molecule has 0 N–H and O–H groups in total. The van der Waals surface area contributed by atoms with E-state index in [9.17, 15) is 4.79 Å². The third kappa shape index (κ3) is 3.17. The summed E-state index contributed by atoms with van der Waals surface area (Å²) in [7, 11) is 0. The lowest BCUT2D eigenvalue weighted by atomic mass is 9.73. The average Bonchev–Trinajstić information content (AvgIpc) is 3.01. The zero-order valence-corrected chi connectivity index (χ0v) is 15.4. The number of pyridine rings is 1. The van der Waals surface area contributed by atoms with Gasteiger partial charge >= 0.3 is 0 Å². The molecule has 5 heteroatoms. The number of imidazole rings is 1. The summed E-state index contributed by atoms with van der Waals surface area (Å²) in [5.74, 6) is 0.334. The Bertz CT molecular complexity index is 783. The summed E-state index contributed by atoms with van der Waals surface area (Å²) in [4.78, 5) is 21.5. The summed E-state index contributed by atoms with van der Waals surface area (Å²) >= 11 is 0. The fourth-order valence-electron chi connectivity index (χ4n) is 4.68. The van der Waals surface area contributed by atoms with Crippen molar-refractivity contribution in [3.8, 4) is 0 Å². The fourth-order valence-corrected chi connectivity index (χ4v) is 4.68. The molecule has 0 aromatic carbocycles. The summed E-state index contributed by atoms with van der Waals surface area (Å²) in [5, 5.41) is 0. The molecule has 2 aliphatic rings. The van der Waals surface area contributed by atoms with Crippen molar-refractivity contribution in [1.82, 2.24) is 19.2 Å². The van der Waals surface area contributed by atoms with Crippen LogP contribution >= 0.6 is 0 Å². The van der Waals surface area contributed by atoms with Crippen LogP contribution in [-0.2, 0) is 11.3 Å². The zero-order valence-electron chi connectivity index (χ0n) is 15.4. The molecular formula is C20H28N4O. The van der Waals surface area contributed by atoms with Gasteiger partial charge in [-0.15, -0.1) is 0 Å². The lowest BCUT2D eigenvalue weighted by Crippen LogP contribution is -2.53. The summed E-state index contributed by atoms with van der Waals surface area (Å²) < 4.78 is 2.13. The Balaban J connectivity index is 1.49. The molecule has 25 heavy (non-hydrogen) atoms. The molecule has 1 spiro atoms. The maximum Gasteiger partial charge on any atom is 0.222 e. The van der Waals surface area contributed by atoms with Gasteiger partial charge in [-0.3, -0.25) is 9.69 Å². The maximum absolute atomic E-state index is 12.1. The second kappa shape index (κ2) is 6.45. The smallest absolute Gasteiger partial charge is 0.222 e. The average molecular weight is 340 g/mol. The zero-order chi connectivity index (χ0) is 17.4. The first kappa shape index (κ1) is 16.6. The van der Waals surface area contributed by atoms with Crippen molar-refractivity contribution in [3.05, 3.63) is 35.8 Å². The molecule has 2 saturated heterocycles. The molecule has 2 fully saturated rings. The molecule has 1 amide bonds. The normalized spacial score (nSPS) is 25.2. The van der Waals surface area contributed by atoms with E-state index in [1.807, 2.05) is 0 Å². The molecule has 0 radical (unpaired) electrons. The van der Waals surface area contributed by atoms with Gasteiger partial charge in [-0.25, -0.2) is 4.98 Å². The van der Waals surface area contributed by atoms with Gasteiger partial charge in [-0.2, -0.15) is 0 Å². The number of nitrogens with zero attached hydrogens (tertiary/aromatic N) is 4. The predicted octanol–water partition coefficient (Wildman–Crippen LogP) is 2.87. The lowest BCUT2D eigenvalue weighted by molar-refractivity contribution is -0.139. The Labute approximate surface area is 149 Å². The Kier molecular flexibility index (Phi) is 4.28. The first-order valence-corrected chi connectivity index (χ1v) is 9.52. The molecule has 4 heterocycles. The first-order valence-electron chi connectivity index (χ1n) is 9.52. The Morgan fingerprint density at radius 3 is 2.96 bits per heavy atom. The second-order valence-electron chi connectivity index (χ2n) is 7.88. The summed E-state index contributed by atoms with van der Waals surface area (Å²) in [5.41, 5.74) is 3.71. The Morgan fingerprint density at radius 1 is 1.28 bits per heavy atom. The number of piperidine rings is 2. The van der Waals surface area contributed by atoms with E-state index in [-0.39, 0.29) is 5.41 Å². The molecular weight excluding hydrogens is 312 g/mol. The van der Waals surface area contributed by atoms with E-state index >= 15 is 0 Å². The van der Waals surface area contributed by atoms with Crippen molar-refractivity contribution in [1.29, 1.82) is 0 Å². The molecule has 1 atom stereocenters. The van der Waals surface area contributed by atoms with Gasteiger partial charge < -0.3 is 9.30 Å². The third-order valence-corrected chi connectivity index (χ3v) is 5.98. The molecule has 2 aliphatic heterocycles. The topological polar surface area (TPSA) is 40.9 Å². The highest BCUT2D eigenvalue weighted by Gasteiger charge is 2.41. The third-order valence-electron chi connectivity index (χ3n) is 5.98. The van der Waals surface area contributed by atoms with Crippen LogP contribution in [0.1, 0.15) is 43.9 Å². The van der Waals surface area contributed by atoms with Crippen LogP contribution in [0.15, 0.2) is 24.5 Å². The van der Waals surface area contributed by atoms with Gasteiger partial charge in [0.05, 0.1) is 5.69 Å². The van der Waals surface area contributed by atoms with Crippen molar-refractivity contribution in [2.75, 3.05) is 26.2 Å². The number of aromatic nitrogens is 2. The Morgan fingerprint density at radius 2 is 2.16 bits per heavy atom. The minimum absolute atomic E-state index is 0.289. The van der Waals surface area contributed by atoms with Crippen LogP contribution in [0.2, 0.25) is 0 Å². The first-order chi connectivity index (χ1) is 12.1. The van der Waals surface area contributed by atoms with Crippen LogP contribution in [0.5, 0.6) is 0 Å². The standard InChI is InChI=1S/C20H28N4O/c1-3-23-15-20(9-7-18(23)25)8-5-10-22(14-20)12-17-13-24-11-4-6-16(2)19(24)21-17/h4,6,11,13H,3,5,7-10,12,14-15H2,1-2H3. The van der Waals surface area contributed by atoms with Crippen molar-refractivity contribution in [2.24, 2.45) is 5.41 Å². The van der Waals surface area contributed by atoms with Gasteiger partial charge in [0.2, 0.25) is 5.91 Å². The van der Waals surface area contributed by atoms with Crippen LogP contribution in [-0.4, -0.2) is 51.3 Å². The number of carbonyl (C=O) groups is 1. The number of hydrogen-bond acceptors (Lipinski definition) is 3. The minimum Gasteiger partial charge on any atom is -0.342 e. The highest BCUT2D eigenvalue weighted by atomic mass is 16.2. The van der Waals surface area contributed by atoms with Crippen LogP contribution in [0, 0.1) is 12.3 Å². The van der Waals surface area contributed by atoms with Crippen molar-refractivity contribution in [2.45, 2.75) is 46.1 Å². The van der Waals surface area contributed by atoms with Gasteiger partial charge in [0, 0.05) is 50.4 Å². The molecule has 134 valence electrons. The van der Waals surface area contributed by atoms with Gasteiger partial charge in [0.15, 0.2) is 0 Å². The number of amides is 1. The van der Waals surface area contributed by atoms with Crippen molar-refractivity contribution < 1.29 is 4.79 Å². The molecule has 1 unspecified atom stereocenters. The van der Waals surface area contributed by atoms with E-state index in [1.54, 1.807) is 0 Å². The van der Waals surface area contributed by atoms with Crippen LogP contribution in [0.25, 0.3) is 5.65 Å². The molecule has 0 aliphatic carbocycles. The van der Waals surface area contributed by atoms with E-state index in [0.717, 1.165) is 56.9 Å². The van der Waals surface area contributed by atoms with Crippen LogP contribution in [0.3, 0.4) is 0 Å². The van der Waals surface area contributed by atoms with Gasteiger partial charge in [0.1, 0.15) is 5.65 Å². The van der Waals surface area contributed by atoms with Gasteiger partial charge in [0.25, 0.3) is 0 Å². The highest BCUT2D eigenvalue weighted by Crippen LogP contribution is 2.39. The number of rotatable bonds is 3. The predicted molar refractivity (Wildman–Crippen MR) is 98.4 cm³/mol. The molecule has 4 rings (SSSR count). The maximum atomic E-state index is 12.1. The quantitative estimate of drug-likeness (QED) is 0.863. The number of hydrogen-bond donors (Lipinski definition) is 0. The highest BCUT2D eigenvalue weighted by molar-refractivity contribution is 5.77. The van der Waals surface area contributed by atoms with Gasteiger partial charge in [-0.1, -0.05) is 6.07 Å². The SMILES string of the molecule is CCN1CC2(CCCN(Cc3cn4cccc(C)c4n3)C2)CCC1=O. The van der Waals surface area contributed by atoms with Gasteiger partial charge in [-0.05, 0) is 51.3 Å². The second-order valence-corrected chi connectivity index (χ2v) is 7.88. The minimum atomic E-state index is 0.289. The summed E-state index contributed by atoms with van der Waals surface area (Å²) in [6, 6.07) is 4.18. The number of fused-ring (bicyclic) bond motifs is 1. The molecule has 0 bridgehead atoms.